The van der Waals surface area contributed by atoms with Gasteiger partial charge in [0.1, 0.15) is 0 Å². The van der Waals surface area contributed by atoms with Crippen molar-refractivity contribution >= 4 is 17.2 Å². The lowest BCUT2D eigenvalue weighted by Gasteiger charge is -2.26. The maximum atomic E-state index is 12.6. The zero-order valence-electron chi connectivity index (χ0n) is 12.6. The van der Waals surface area contributed by atoms with E-state index in [0.717, 1.165) is 38.9 Å². The van der Waals surface area contributed by atoms with Crippen LogP contribution in [0.25, 0.3) is 0 Å². The second-order valence-electron chi connectivity index (χ2n) is 6.29. The highest BCUT2D eigenvalue weighted by atomic mass is 32.1. The Balaban J connectivity index is 1.58. The molecule has 0 aromatic carbocycles. The Morgan fingerprint density at radius 2 is 2.33 bits per heavy atom. The molecule has 3 rings (SSSR count). The predicted octanol–water partition coefficient (Wildman–Crippen LogP) is 2.11. The van der Waals surface area contributed by atoms with E-state index >= 15 is 0 Å². The molecule has 3 atom stereocenters. The van der Waals surface area contributed by atoms with E-state index in [1.165, 1.54) is 4.88 Å². The Morgan fingerprint density at radius 3 is 3.00 bits per heavy atom. The molecule has 3 unspecified atom stereocenters. The van der Waals surface area contributed by atoms with Crippen molar-refractivity contribution in [1.29, 1.82) is 0 Å². The van der Waals surface area contributed by atoms with Crippen LogP contribution in [0, 0.1) is 5.92 Å². The van der Waals surface area contributed by atoms with Crippen LogP contribution in [-0.4, -0.2) is 53.1 Å². The van der Waals surface area contributed by atoms with Crippen LogP contribution in [0.4, 0.5) is 0 Å². The Bertz CT molecular complexity index is 475. The third-order valence-corrected chi connectivity index (χ3v) is 5.77. The maximum absolute atomic E-state index is 12.6. The Hall–Kier alpha value is -0.910. The van der Waals surface area contributed by atoms with Crippen LogP contribution in [0.3, 0.4) is 0 Å². The number of likely N-dealkylation sites (tertiary alicyclic amines) is 2. The average Bonchev–Trinajstić information content (AvgIpc) is 3.19. The molecule has 1 aromatic heterocycles. The molecular formula is C16H24N2O2S. The fourth-order valence-corrected chi connectivity index (χ4v) is 4.40. The van der Waals surface area contributed by atoms with E-state index in [4.69, 9.17) is 0 Å². The van der Waals surface area contributed by atoms with Crippen molar-refractivity contribution in [2.75, 3.05) is 26.2 Å². The first-order valence-corrected chi connectivity index (χ1v) is 8.76. The minimum Gasteiger partial charge on any atom is -0.393 e. The van der Waals surface area contributed by atoms with Crippen LogP contribution in [0.1, 0.15) is 37.1 Å². The normalized spacial score (nSPS) is 28.2. The molecule has 0 spiro atoms. The molecule has 1 amide bonds. The van der Waals surface area contributed by atoms with Crippen molar-refractivity contribution in [2.24, 2.45) is 5.92 Å². The molecule has 2 fully saturated rings. The molecular weight excluding hydrogens is 284 g/mol. The SMILES string of the molecule is CC(O)C1CCN(CC(=O)N2CCCC2c2cccs2)C1. The number of amides is 1. The third-order valence-electron chi connectivity index (χ3n) is 4.79. The second-order valence-corrected chi connectivity index (χ2v) is 7.26. The Morgan fingerprint density at radius 1 is 1.48 bits per heavy atom. The van der Waals surface area contributed by atoms with Gasteiger partial charge in [-0.1, -0.05) is 6.07 Å². The van der Waals surface area contributed by atoms with Gasteiger partial charge in [0.15, 0.2) is 0 Å². The first-order valence-electron chi connectivity index (χ1n) is 7.88. The molecule has 2 aliphatic heterocycles. The van der Waals surface area contributed by atoms with E-state index in [1.807, 2.05) is 6.92 Å². The highest BCUT2D eigenvalue weighted by Crippen LogP contribution is 2.34. The molecule has 21 heavy (non-hydrogen) atoms. The van der Waals surface area contributed by atoms with Crippen molar-refractivity contribution in [2.45, 2.75) is 38.3 Å². The van der Waals surface area contributed by atoms with Crippen LogP contribution in [-0.2, 0) is 4.79 Å². The summed E-state index contributed by atoms with van der Waals surface area (Å²) < 4.78 is 0. The number of rotatable bonds is 4. The zero-order chi connectivity index (χ0) is 14.8. The monoisotopic (exact) mass is 308 g/mol. The average molecular weight is 308 g/mol. The first kappa shape index (κ1) is 15.0. The fourth-order valence-electron chi connectivity index (χ4n) is 3.52. The van der Waals surface area contributed by atoms with Gasteiger partial charge in [0, 0.05) is 18.0 Å². The lowest BCUT2D eigenvalue weighted by atomic mass is 10.0. The van der Waals surface area contributed by atoms with Crippen LogP contribution in [0.2, 0.25) is 0 Å². The van der Waals surface area contributed by atoms with Gasteiger partial charge in [0.05, 0.1) is 18.7 Å². The first-order chi connectivity index (χ1) is 10.1. The molecule has 1 N–H and O–H groups in total. The van der Waals surface area contributed by atoms with Crippen LogP contribution >= 0.6 is 11.3 Å². The van der Waals surface area contributed by atoms with Gasteiger partial charge in [-0.2, -0.15) is 0 Å². The van der Waals surface area contributed by atoms with E-state index < -0.39 is 0 Å². The zero-order valence-corrected chi connectivity index (χ0v) is 13.4. The highest BCUT2D eigenvalue weighted by molar-refractivity contribution is 7.10. The number of hydrogen-bond donors (Lipinski definition) is 1. The number of hydrogen-bond acceptors (Lipinski definition) is 4. The van der Waals surface area contributed by atoms with Gasteiger partial charge < -0.3 is 10.0 Å². The highest BCUT2D eigenvalue weighted by Gasteiger charge is 2.33. The standard InChI is InChI=1S/C16H24N2O2S/c1-12(19)13-6-8-17(10-13)11-16(20)18-7-2-4-14(18)15-5-3-9-21-15/h3,5,9,12-14,19H,2,4,6-8,10-11H2,1H3. The summed E-state index contributed by atoms with van der Waals surface area (Å²) in [6.07, 6.45) is 2.92. The molecule has 2 saturated heterocycles. The van der Waals surface area contributed by atoms with Crippen molar-refractivity contribution in [1.82, 2.24) is 9.80 Å². The van der Waals surface area contributed by atoms with Gasteiger partial charge >= 0.3 is 0 Å². The molecule has 4 nitrogen and oxygen atoms in total. The minimum absolute atomic E-state index is 0.247. The molecule has 2 aliphatic rings. The summed E-state index contributed by atoms with van der Waals surface area (Å²) in [4.78, 5) is 18.2. The summed E-state index contributed by atoms with van der Waals surface area (Å²) in [5.74, 6) is 0.571. The van der Waals surface area contributed by atoms with Gasteiger partial charge in [-0.15, -0.1) is 11.3 Å². The largest absolute Gasteiger partial charge is 0.393 e. The van der Waals surface area contributed by atoms with Crippen molar-refractivity contribution in [3.63, 3.8) is 0 Å². The minimum atomic E-state index is -0.268. The number of aliphatic hydroxyl groups is 1. The topological polar surface area (TPSA) is 43.8 Å². The molecule has 3 heterocycles. The number of thiophene rings is 1. The molecule has 1 aromatic rings. The van der Waals surface area contributed by atoms with Crippen molar-refractivity contribution < 1.29 is 9.90 Å². The summed E-state index contributed by atoms with van der Waals surface area (Å²) in [6.45, 7) is 5.02. The van der Waals surface area contributed by atoms with Crippen LogP contribution in [0.5, 0.6) is 0 Å². The maximum Gasteiger partial charge on any atom is 0.237 e. The van der Waals surface area contributed by atoms with Gasteiger partial charge in [0.25, 0.3) is 0 Å². The van der Waals surface area contributed by atoms with E-state index in [2.05, 4.69) is 27.3 Å². The summed E-state index contributed by atoms with van der Waals surface area (Å²) >= 11 is 1.75. The number of aliphatic hydroxyl groups excluding tert-OH is 1. The molecule has 0 radical (unpaired) electrons. The summed E-state index contributed by atoms with van der Waals surface area (Å²) in [5.41, 5.74) is 0. The van der Waals surface area contributed by atoms with Crippen LogP contribution in [0.15, 0.2) is 17.5 Å². The second kappa shape index (κ2) is 6.46. The quantitative estimate of drug-likeness (QED) is 0.926. The smallest absolute Gasteiger partial charge is 0.237 e. The molecule has 0 aliphatic carbocycles. The van der Waals surface area contributed by atoms with E-state index in [9.17, 15) is 9.90 Å². The van der Waals surface area contributed by atoms with Crippen molar-refractivity contribution in [3.05, 3.63) is 22.4 Å². The van der Waals surface area contributed by atoms with Gasteiger partial charge in [-0.3, -0.25) is 9.69 Å². The van der Waals surface area contributed by atoms with E-state index in [1.54, 1.807) is 11.3 Å². The van der Waals surface area contributed by atoms with Gasteiger partial charge in [-0.25, -0.2) is 0 Å². The fraction of sp³-hybridized carbons (Fsp3) is 0.688. The lowest BCUT2D eigenvalue weighted by molar-refractivity contribution is -0.133. The number of carbonyl (C=O) groups is 1. The van der Waals surface area contributed by atoms with E-state index in [-0.39, 0.29) is 18.1 Å². The van der Waals surface area contributed by atoms with Gasteiger partial charge in [-0.05, 0) is 50.1 Å². The van der Waals surface area contributed by atoms with Crippen LogP contribution < -0.4 is 0 Å². The summed E-state index contributed by atoms with van der Waals surface area (Å²) in [5, 5.41) is 11.7. The van der Waals surface area contributed by atoms with Gasteiger partial charge in [0.2, 0.25) is 5.91 Å². The molecule has 5 heteroatoms. The van der Waals surface area contributed by atoms with Crippen molar-refractivity contribution in [3.8, 4) is 0 Å². The summed E-state index contributed by atoms with van der Waals surface area (Å²) in [6, 6.07) is 4.49. The molecule has 0 saturated carbocycles. The van der Waals surface area contributed by atoms with E-state index in [0.29, 0.717) is 12.5 Å². The third kappa shape index (κ3) is 3.30. The Labute approximate surface area is 130 Å². The molecule has 116 valence electrons. The summed E-state index contributed by atoms with van der Waals surface area (Å²) in [7, 11) is 0. The number of carbonyl (C=O) groups excluding carboxylic acids is 1. The lowest BCUT2D eigenvalue weighted by Crippen LogP contribution is -2.39. The number of nitrogens with zero attached hydrogens (tertiary/aromatic N) is 2. The Kier molecular flexibility index (Phi) is 4.62. The predicted molar refractivity (Wildman–Crippen MR) is 84.2 cm³/mol. The molecule has 0 bridgehead atoms.